The topological polar surface area (TPSA) is 21.3 Å². The van der Waals surface area contributed by atoms with Gasteiger partial charge in [-0.15, -0.1) is 0 Å². The Balaban J connectivity index is 0.00000156. The first-order valence-corrected chi connectivity index (χ1v) is 8.83. The lowest BCUT2D eigenvalue weighted by Gasteiger charge is -2.57. The van der Waals surface area contributed by atoms with E-state index in [1.165, 1.54) is 44.1 Å². The van der Waals surface area contributed by atoms with Crippen LogP contribution in [0, 0.1) is 17.8 Å². The minimum Gasteiger partial charge on any atom is -1.00 e. The van der Waals surface area contributed by atoms with Crippen molar-refractivity contribution in [3.05, 3.63) is 42.5 Å². The molecule has 1 aromatic rings. The maximum Gasteiger partial charge on any atom is 0.124 e. The van der Waals surface area contributed by atoms with Crippen LogP contribution in [0.25, 0.3) is 0 Å². The highest BCUT2D eigenvalue weighted by atomic mass is 35.5. The van der Waals surface area contributed by atoms with Crippen LogP contribution in [0.2, 0.25) is 0 Å². The third-order valence-electron chi connectivity index (χ3n) is 6.02. The summed E-state index contributed by atoms with van der Waals surface area (Å²) >= 11 is 0. The van der Waals surface area contributed by atoms with Crippen LogP contribution in [0.5, 0.6) is 5.75 Å². The van der Waals surface area contributed by atoms with Gasteiger partial charge in [0.15, 0.2) is 0 Å². The molecule has 0 spiro atoms. The van der Waals surface area contributed by atoms with E-state index in [1.54, 1.807) is 0 Å². The summed E-state index contributed by atoms with van der Waals surface area (Å²) in [5.74, 6) is 3.97. The van der Waals surface area contributed by atoms with Crippen LogP contribution in [0.3, 0.4) is 0 Å². The monoisotopic (exact) mass is 332 g/mol. The van der Waals surface area contributed by atoms with Gasteiger partial charge in [0.05, 0.1) is 0 Å². The number of nitrogens with one attached hydrogen (secondary N) is 1. The number of hydrogen-bond donors (Lipinski definition) is 1. The molecule has 0 aliphatic heterocycles. The van der Waals surface area contributed by atoms with Crippen molar-refractivity contribution in [3.63, 3.8) is 0 Å². The quantitative estimate of drug-likeness (QED) is 0.793. The maximum atomic E-state index is 5.80. The molecule has 126 valence electrons. The number of para-hydroxylation sites is 1. The summed E-state index contributed by atoms with van der Waals surface area (Å²) in [4.78, 5) is 0. The molecule has 0 saturated heterocycles. The largest absolute Gasteiger partial charge is 1.00 e. The van der Waals surface area contributed by atoms with Gasteiger partial charge in [-0.3, -0.25) is 0 Å². The van der Waals surface area contributed by atoms with Crippen molar-refractivity contribution in [1.29, 1.82) is 0 Å². The molecule has 4 saturated carbocycles. The van der Waals surface area contributed by atoms with Crippen LogP contribution in [0.4, 0.5) is 0 Å². The zero-order valence-electron chi connectivity index (χ0n) is 13.8. The van der Waals surface area contributed by atoms with Crippen LogP contribution in [0.1, 0.15) is 44.1 Å². The van der Waals surface area contributed by atoms with Gasteiger partial charge in [0, 0.05) is 17.6 Å². The first kappa shape index (κ1) is 16.9. The van der Waals surface area contributed by atoms with Crippen molar-refractivity contribution in [2.24, 2.45) is 17.8 Å². The van der Waals surface area contributed by atoms with E-state index in [-0.39, 0.29) is 12.4 Å². The zero-order chi connectivity index (χ0) is 15.0. The fraction of sp³-hybridized carbons (Fsp3) is 0.600. The van der Waals surface area contributed by atoms with Crippen molar-refractivity contribution in [2.45, 2.75) is 50.6 Å². The smallest absolute Gasteiger partial charge is 0.124 e. The van der Waals surface area contributed by atoms with Crippen molar-refractivity contribution < 1.29 is 17.1 Å². The van der Waals surface area contributed by atoms with Gasteiger partial charge >= 0.3 is 0 Å². The number of hydrogen-bond acceptors (Lipinski definition) is 2. The molecule has 1 aromatic carbocycles. The summed E-state index contributed by atoms with van der Waals surface area (Å²) in [5.41, 5.74) is 1.69. The predicted octanol–water partition coefficient (Wildman–Crippen LogP) is 1.31. The Morgan fingerprint density at radius 2 is 1.70 bits per heavy atom. The molecule has 0 atom stereocenters. The van der Waals surface area contributed by atoms with Crippen LogP contribution >= 0.6 is 0 Å². The lowest BCUT2D eigenvalue weighted by molar-refractivity contribution is -0.0206. The highest BCUT2D eigenvalue weighted by Crippen LogP contribution is 2.55. The van der Waals surface area contributed by atoms with Gasteiger partial charge in [0.2, 0.25) is 0 Å². The SMILES string of the molecule is C=CCOc1ccccc1CNC12CC3CC(CC(C3)C1)C2.[Cl-]. The van der Waals surface area contributed by atoms with Gasteiger partial charge in [0.1, 0.15) is 12.4 Å². The molecule has 4 bridgehead atoms. The minimum absolute atomic E-state index is 0. The third-order valence-corrected chi connectivity index (χ3v) is 6.02. The van der Waals surface area contributed by atoms with Gasteiger partial charge in [-0.05, 0) is 62.3 Å². The van der Waals surface area contributed by atoms with Crippen molar-refractivity contribution in [2.75, 3.05) is 6.61 Å². The molecule has 0 radical (unpaired) electrons. The van der Waals surface area contributed by atoms with Gasteiger partial charge < -0.3 is 22.5 Å². The van der Waals surface area contributed by atoms with Gasteiger partial charge in [0.25, 0.3) is 0 Å². The summed E-state index contributed by atoms with van der Waals surface area (Å²) in [6.45, 7) is 5.25. The van der Waals surface area contributed by atoms with Gasteiger partial charge in [-0.25, -0.2) is 0 Å². The molecular weight excluding hydrogens is 306 g/mol. The fourth-order valence-corrected chi connectivity index (χ4v) is 5.55. The second kappa shape index (κ2) is 6.86. The van der Waals surface area contributed by atoms with E-state index in [0.717, 1.165) is 30.0 Å². The number of halogens is 1. The van der Waals surface area contributed by atoms with E-state index in [0.29, 0.717) is 12.1 Å². The molecule has 5 rings (SSSR count). The lowest BCUT2D eigenvalue weighted by atomic mass is 9.53. The molecule has 4 aliphatic carbocycles. The normalized spacial score (nSPS) is 34.0. The fourth-order valence-electron chi connectivity index (χ4n) is 5.55. The Bertz CT molecular complexity index is 521. The average Bonchev–Trinajstić information content (AvgIpc) is 2.50. The second-order valence-corrected chi connectivity index (χ2v) is 7.76. The molecule has 1 N–H and O–H groups in total. The summed E-state index contributed by atoms with van der Waals surface area (Å²) in [7, 11) is 0. The van der Waals surface area contributed by atoms with Crippen LogP contribution in [0.15, 0.2) is 36.9 Å². The Kier molecular flexibility index (Phi) is 5.03. The number of rotatable bonds is 6. The van der Waals surface area contributed by atoms with E-state index in [1.807, 2.05) is 12.1 Å². The Morgan fingerprint density at radius 3 is 2.30 bits per heavy atom. The summed E-state index contributed by atoms with van der Waals surface area (Å²) in [5, 5.41) is 3.95. The first-order valence-electron chi connectivity index (χ1n) is 8.83. The number of benzene rings is 1. The van der Waals surface area contributed by atoms with E-state index >= 15 is 0 Å². The molecule has 23 heavy (non-hydrogen) atoms. The van der Waals surface area contributed by atoms with Crippen molar-refractivity contribution in [1.82, 2.24) is 5.32 Å². The van der Waals surface area contributed by atoms with E-state index in [2.05, 4.69) is 30.1 Å². The Labute approximate surface area is 146 Å². The summed E-state index contributed by atoms with van der Waals surface area (Å²) in [6.07, 6.45) is 10.5. The van der Waals surface area contributed by atoms with Crippen molar-refractivity contribution >= 4 is 0 Å². The van der Waals surface area contributed by atoms with E-state index in [9.17, 15) is 0 Å². The number of ether oxygens (including phenoxy) is 1. The molecule has 4 fully saturated rings. The zero-order valence-corrected chi connectivity index (χ0v) is 14.5. The highest BCUT2D eigenvalue weighted by molar-refractivity contribution is 5.33. The molecule has 2 nitrogen and oxygen atoms in total. The Hall–Kier alpha value is -0.990. The lowest BCUT2D eigenvalue weighted by Crippen LogP contribution is -3.00. The minimum atomic E-state index is 0. The van der Waals surface area contributed by atoms with Crippen LogP contribution in [-0.4, -0.2) is 12.1 Å². The molecule has 0 amide bonds. The van der Waals surface area contributed by atoms with Crippen LogP contribution in [-0.2, 0) is 6.54 Å². The molecule has 0 aromatic heterocycles. The first-order chi connectivity index (χ1) is 10.8. The van der Waals surface area contributed by atoms with E-state index in [4.69, 9.17) is 4.74 Å². The standard InChI is InChI=1S/C20H27NO.ClH/c1-2-7-22-19-6-4-3-5-18(19)14-21-20-11-15-8-16(12-20)10-17(9-15)13-20;/h2-6,15-17,21H,1,7-14H2;1H/p-1. The molecular formula is C20H27ClNO-. The van der Waals surface area contributed by atoms with Gasteiger partial charge in [-0.1, -0.05) is 30.9 Å². The molecule has 3 heteroatoms. The average molecular weight is 333 g/mol. The van der Waals surface area contributed by atoms with Crippen LogP contribution < -0.4 is 22.5 Å². The predicted molar refractivity (Wildman–Crippen MR) is 89.9 cm³/mol. The summed E-state index contributed by atoms with van der Waals surface area (Å²) in [6, 6.07) is 8.41. The van der Waals surface area contributed by atoms with Crippen molar-refractivity contribution in [3.8, 4) is 5.75 Å². The Morgan fingerprint density at radius 1 is 1.09 bits per heavy atom. The molecule has 4 aliphatic rings. The maximum absolute atomic E-state index is 5.80. The molecule has 0 unspecified atom stereocenters. The third kappa shape index (κ3) is 3.44. The highest BCUT2D eigenvalue weighted by Gasteiger charge is 2.50. The second-order valence-electron chi connectivity index (χ2n) is 7.76. The summed E-state index contributed by atoms with van der Waals surface area (Å²) < 4.78 is 5.80. The van der Waals surface area contributed by atoms with Gasteiger partial charge in [-0.2, -0.15) is 0 Å². The molecule has 0 heterocycles. The van der Waals surface area contributed by atoms with E-state index < -0.39 is 0 Å².